The summed E-state index contributed by atoms with van der Waals surface area (Å²) in [5.41, 5.74) is 0. The van der Waals surface area contributed by atoms with E-state index < -0.39 is 191 Å². The molecule has 37 heteroatoms. The summed E-state index contributed by atoms with van der Waals surface area (Å²) in [7, 11) is 0. The van der Waals surface area contributed by atoms with Gasteiger partial charge >= 0.3 is 0 Å². The number of carbonyl (C=O) groups excluding carboxylic acids is 6. The van der Waals surface area contributed by atoms with Crippen LogP contribution in [0.25, 0.3) is 0 Å². The molecule has 5 aliphatic rings. The highest BCUT2D eigenvalue weighted by molar-refractivity contribution is 5.87. The van der Waals surface area contributed by atoms with Crippen molar-refractivity contribution in [1.29, 1.82) is 0 Å². The Bertz CT molecular complexity index is 2330. The first-order valence-corrected chi connectivity index (χ1v) is 33.6. The average Bonchev–Trinajstić information content (AvgIpc) is 0.795. The van der Waals surface area contributed by atoms with Crippen LogP contribution < -0.4 is 26.6 Å². The predicted octanol–water partition coefficient (Wildman–Crippen LogP) is -8.46. The summed E-state index contributed by atoms with van der Waals surface area (Å²) in [6, 6.07) is -1.05. The van der Waals surface area contributed by atoms with Crippen molar-refractivity contribution >= 4 is 35.3 Å². The van der Waals surface area contributed by atoms with Gasteiger partial charge in [0.1, 0.15) is 122 Å². The number of hydrogen-bond acceptors (Lipinski definition) is 32. The van der Waals surface area contributed by atoms with E-state index >= 15 is 0 Å². The number of ether oxygens (including phenoxy) is 10. The zero-order valence-electron chi connectivity index (χ0n) is 55.9. The second-order valence-electron chi connectivity index (χ2n) is 24.7. The van der Waals surface area contributed by atoms with E-state index in [1.807, 2.05) is 6.92 Å². The van der Waals surface area contributed by atoms with Crippen LogP contribution in [0.5, 0.6) is 0 Å². The van der Waals surface area contributed by atoms with Crippen molar-refractivity contribution in [2.75, 3.05) is 65.8 Å². The summed E-state index contributed by atoms with van der Waals surface area (Å²) >= 11 is 0. The van der Waals surface area contributed by atoms with Crippen molar-refractivity contribution in [3.63, 3.8) is 0 Å². The van der Waals surface area contributed by atoms with E-state index in [2.05, 4.69) is 26.6 Å². The molecule has 21 N–H and O–H groups in total. The fourth-order valence-corrected chi connectivity index (χ4v) is 11.0. The SMILES string of the molecule is CCNC(=O)CCCCC(=O)CCCO[C@@H]1O[C@@H](C)[C@@H](O)[C@@H](O)[C@@H]1O.CCNC(=O)CCCCC[C@H](NC(=O)CCCCC(=O)NCCO[C@@H]1O[C@@H](C)[C@@H](O)[C@@H](O)[C@@H]1O)C(=O)NCCO[C@H]1O[C@H](CO[C@H]2O[C@H](CO)[C@@H](O)[C@H](O)[C@@H]2O)[C@@H](O)[C@H](O[C@H]2O[C@H](CO)[C@@H](O)[C@H](O)[C@@H]2O)[C@@H]1O. The van der Waals surface area contributed by atoms with Crippen LogP contribution in [0.15, 0.2) is 0 Å². The Balaban J connectivity index is 0.000000683. The molecule has 5 saturated heterocycles. The number of ketones is 1. The van der Waals surface area contributed by atoms with Gasteiger partial charge in [-0.05, 0) is 72.6 Å². The number of amides is 5. The number of nitrogens with one attached hydrogen (secondary N) is 5. The summed E-state index contributed by atoms with van der Waals surface area (Å²) in [4.78, 5) is 74.0. The molecule has 5 aliphatic heterocycles. The number of rotatable bonds is 40. The maximum absolute atomic E-state index is 13.5. The minimum Gasteiger partial charge on any atom is -0.394 e. The van der Waals surface area contributed by atoms with Gasteiger partial charge in [0, 0.05) is 64.7 Å². The standard InChI is InChI=1S/C44H78N4O25.C17H31NO7/c1-3-45-25(51)10-6-4-5-9-21(48-27(53)12-8-7-11-26(52)46-13-15-66-41-35(61)32(58)28(54)20(2)69-41)40(65)47-14-16-67-43-38(64)39(73-44-37(63)34(60)30(56)23(18-50)71-44)31(57)24(72-43)19-68-42-36(62)33(59)29(55)22(17-49)70-42;1-3-18-13(20)9-5-4-7-12(19)8-6-10-24-17-16(23)15(22)14(21)11(2)25-17/h20-24,28-39,41-44,49-50,54-64H,3-19H2,1-2H3,(H,45,51)(H,46,52)(H,47,65)(H,48,53);11,14-17,21-23H,3-10H2,1-2H3,(H,18,20)/t20-,21-,22+,23+,24+,28+,29+,30+,31+,32+,33-,34-,35-,36-,37-,38-,39-,41+,42-,43-,44+;11-,14+,15+,16-,17+/m00/s1. The molecule has 0 radical (unpaired) electrons. The fourth-order valence-electron chi connectivity index (χ4n) is 11.0. The van der Waals surface area contributed by atoms with Gasteiger partial charge in [0.25, 0.3) is 0 Å². The maximum Gasteiger partial charge on any atom is 0.242 e. The van der Waals surface area contributed by atoms with Gasteiger partial charge in [0.2, 0.25) is 29.5 Å². The molecule has 0 aliphatic carbocycles. The van der Waals surface area contributed by atoms with Crippen molar-refractivity contribution < 1.29 is 158 Å². The van der Waals surface area contributed by atoms with Gasteiger partial charge in [0.15, 0.2) is 31.5 Å². The normalized spacial score (nSPS) is 35.2. The quantitative estimate of drug-likeness (QED) is 0.0253. The lowest BCUT2D eigenvalue weighted by atomic mass is 9.96. The van der Waals surface area contributed by atoms with Crippen molar-refractivity contribution in [2.45, 2.75) is 284 Å². The summed E-state index contributed by atoms with van der Waals surface area (Å²) < 4.78 is 55.0. The minimum atomic E-state index is -1.96. The van der Waals surface area contributed by atoms with Gasteiger partial charge in [-0.15, -0.1) is 0 Å². The van der Waals surface area contributed by atoms with E-state index in [0.717, 1.165) is 0 Å². The number of Topliss-reactive ketones (excluding diaryl/α,β-unsaturated/α-hetero) is 1. The molecule has 5 fully saturated rings. The minimum absolute atomic E-state index is 0.0101. The number of aliphatic hydroxyl groups excluding tert-OH is 16. The first kappa shape index (κ1) is 86.4. The Morgan fingerprint density at radius 2 is 0.776 bits per heavy atom. The Morgan fingerprint density at radius 3 is 1.29 bits per heavy atom. The molecule has 37 nitrogen and oxygen atoms in total. The highest BCUT2D eigenvalue weighted by atomic mass is 16.8. The molecule has 5 rings (SSSR count). The largest absolute Gasteiger partial charge is 0.394 e. The van der Waals surface area contributed by atoms with Gasteiger partial charge in [-0.1, -0.05) is 12.8 Å². The molecule has 26 atom stereocenters. The second kappa shape index (κ2) is 45.2. The maximum atomic E-state index is 13.5. The number of aliphatic hydroxyl groups is 16. The molecule has 0 spiro atoms. The molecule has 0 aromatic carbocycles. The van der Waals surface area contributed by atoms with E-state index in [4.69, 9.17) is 47.4 Å². The number of hydrogen-bond donors (Lipinski definition) is 21. The lowest BCUT2D eigenvalue weighted by Crippen LogP contribution is -2.65. The van der Waals surface area contributed by atoms with Crippen molar-refractivity contribution in [2.24, 2.45) is 0 Å². The van der Waals surface area contributed by atoms with Crippen molar-refractivity contribution in [3.05, 3.63) is 0 Å². The third kappa shape index (κ3) is 27.6. The summed E-state index contributed by atoms with van der Waals surface area (Å²) in [6.45, 7) is 5.09. The van der Waals surface area contributed by atoms with Crippen LogP contribution in [0, 0.1) is 0 Å². The highest BCUT2D eigenvalue weighted by Crippen LogP contribution is 2.32. The Kier molecular flexibility index (Phi) is 39.8. The first-order chi connectivity index (χ1) is 46.6. The Labute approximate surface area is 567 Å². The summed E-state index contributed by atoms with van der Waals surface area (Å²) in [5.74, 6) is -1.46. The van der Waals surface area contributed by atoms with Crippen LogP contribution in [-0.4, -0.2) is 342 Å². The van der Waals surface area contributed by atoms with Crippen LogP contribution in [0.3, 0.4) is 0 Å². The van der Waals surface area contributed by atoms with Crippen molar-refractivity contribution in [1.82, 2.24) is 26.6 Å². The van der Waals surface area contributed by atoms with Gasteiger partial charge in [-0.3, -0.25) is 28.8 Å². The molecule has 0 aromatic heterocycles. The average molecular weight is 1420 g/mol. The zero-order valence-corrected chi connectivity index (χ0v) is 55.9. The predicted molar refractivity (Wildman–Crippen MR) is 331 cm³/mol. The molecule has 98 heavy (non-hydrogen) atoms. The van der Waals surface area contributed by atoms with Crippen LogP contribution in [-0.2, 0) is 76.1 Å². The Morgan fingerprint density at radius 1 is 0.378 bits per heavy atom. The lowest BCUT2D eigenvalue weighted by Gasteiger charge is -2.46. The molecule has 0 bridgehead atoms. The lowest BCUT2D eigenvalue weighted by molar-refractivity contribution is -0.366. The third-order valence-corrected chi connectivity index (χ3v) is 16.9. The van der Waals surface area contributed by atoms with Gasteiger partial charge in [-0.25, -0.2) is 0 Å². The van der Waals surface area contributed by atoms with Gasteiger partial charge < -0.3 is 156 Å². The molecule has 5 amide bonds. The number of carbonyl (C=O) groups is 6. The topological polar surface area (TPSA) is 579 Å². The zero-order chi connectivity index (χ0) is 72.8. The number of unbranched alkanes of at least 4 members (excludes halogenated alkanes) is 4. The monoisotopic (exact) mass is 1420 g/mol. The van der Waals surface area contributed by atoms with Crippen LogP contribution in [0.2, 0.25) is 0 Å². The van der Waals surface area contributed by atoms with Crippen LogP contribution in [0.1, 0.15) is 124 Å². The fraction of sp³-hybridized carbons (Fsp3) is 0.902. The molecule has 5 heterocycles. The van der Waals surface area contributed by atoms with E-state index in [1.165, 1.54) is 6.92 Å². The molecular formula is C61H109N5O32. The summed E-state index contributed by atoms with van der Waals surface area (Å²) in [6.07, 6.45) is -32.3. The van der Waals surface area contributed by atoms with Gasteiger partial charge in [0.05, 0.1) is 51.8 Å². The van der Waals surface area contributed by atoms with E-state index in [1.54, 1.807) is 13.8 Å². The second-order valence-corrected chi connectivity index (χ2v) is 24.7. The van der Waals surface area contributed by atoms with Gasteiger partial charge in [-0.2, -0.15) is 0 Å². The van der Waals surface area contributed by atoms with E-state index in [-0.39, 0.29) is 88.5 Å². The Hall–Kier alpha value is -4.02. The van der Waals surface area contributed by atoms with Crippen molar-refractivity contribution in [3.8, 4) is 0 Å². The molecular weight excluding hydrogens is 1310 g/mol. The molecule has 0 aromatic rings. The van der Waals surface area contributed by atoms with Crippen LogP contribution >= 0.6 is 0 Å². The first-order valence-electron chi connectivity index (χ1n) is 33.6. The molecule has 0 unspecified atom stereocenters. The van der Waals surface area contributed by atoms with Crippen LogP contribution in [0.4, 0.5) is 0 Å². The van der Waals surface area contributed by atoms with E-state index in [9.17, 15) is 110 Å². The smallest absolute Gasteiger partial charge is 0.242 e. The third-order valence-electron chi connectivity index (χ3n) is 16.9. The highest BCUT2D eigenvalue weighted by Gasteiger charge is 2.53. The summed E-state index contributed by atoms with van der Waals surface area (Å²) in [5, 5.41) is 176. The molecule has 0 saturated carbocycles. The molecule has 570 valence electrons. The van der Waals surface area contributed by atoms with E-state index in [0.29, 0.717) is 77.3 Å².